The van der Waals surface area contributed by atoms with Gasteiger partial charge >= 0.3 is 5.97 Å². The Balaban J connectivity index is 2.07. The fourth-order valence-electron chi connectivity index (χ4n) is 4.04. The molecule has 1 heterocycles. The lowest BCUT2D eigenvalue weighted by molar-refractivity contribution is -0.151. The van der Waals surface area contributed by atoms with E-state index < -0.39 is 11.4 Å². The molecule has 2 unspecified atom stereocenters. The number of likely N-dealkylation sites (tertiary alicyclic amines) is 1. The van der Waals surface area contributed by atoms with Gasteiger partial charge in [0, 0.05) is 12.6 Å². The van der Waals surface area contributed by atoms with Gasteiger partial charge in [-0.1, -0.05) is 20.3 Å². The molecule has 1 N–H and O–H groups in total. The van der Waals surface area contributed by atoms with Crippen LogP contribution in [0.3, 0.4) is 0 Å². The Morgan fingerprint density at radius 2 is 1.95 bits per heavy atom. The van der Waals surface area contributed by atoms with E-state index in [1.54, 1.807) is 0 Å². The molecular weight excluding hydrogens is 238 g/mol. The van der Waals surface area contributed by atoms with Crippen molar-refractivity contribution >= 4 is 5.97 Å². The maximum absolute atomic E-state index is 11.5. The van der Waals surface area contributed by atoms with E-state index >= 15 is 0 Å². The molecular formula is C16H29NO2. The monoisotopic (exact) mass is 267 g/mol. The quantitative estimate of drug-likeness (QED) is 0.852. The number of nitrogens with zero attached hydrogens (tertiary/aromatic N) is 1. The maximum atomic E-state index is 11.5. The lowest BCUT2D eigenvalue weighted by Crippen LogP contribution is -2.51. The highest BCUT2D eigenvalue weighted by Crippen LogP contribution is 2.43. The summed E-state index contributed by atoms with van der Waals surface area (Å²) >= 11 is 0. The van der Waals surface area contributed by atoms with Gasteiger partial charge in [0.15, 0.2) is 0 Å². The third-order valence-electron chi connectivity index (χ3n) is 5.67. The zero-order chi connectivity index (χ0) is 14.3. The molecule has 110 valence electrons. The van der Waals surface area contributed by atoms with Crippen molar-refractivity contribution in [2.75, 3.05) is 13.1 Å². The first-order chi connectivity index (χ1) is 8.75. The van der Waals surface area contributed by atoms with E-state index in [1.165, 1.54) is 19.3 Å². The van der Waals surface area contributed by atoms with Gasteiger partial charge in [0.25, 0.3) is 0 Å². The second-order valence-corrected chi connectivity index (χ2v) is 7.76. The van der Waals surface area contributed by atoms with Crippen LogP contribution in [0, 0.1) is 16.7 Å². The number of hydrogen-bond donors (Lipinski definition) is 1. The number of carboxylic acid groups (broad SMARTS) is 1. The predicted octanol–water partition coefficient (Wildman–Crippen LogP) is 3.39. The van der Waals surface area contributed by atoms with Crippen molar-refractivity contribution in [2.24, 2.45) is 16.7 Å². The smallest absolute Gasteiger partial charge is 0.309 e. The molecule has 0 aromatic heterocycles. The van der Waals surface area contributed by atoms with Crippen LogP contribution in [0.4, 0.5) is 0 Å². The zero-order valence-electron chi connectivity index (χ0n) is 12.9. The van der Waals surface area contributed by atoms with Gasteiger partial charge in [0.2, 0.25) is 0 Å². The number of rotatable bonds is 3. The van der Waals surface area contributed by atoms with E-state index in [0.29, 0.717) is 11.5 Å². The fraction of sp³-hybridized carbons (Fsp3) is 0.938. The summed E-state index contributed by atoms with van der Waals surface area (Å²) in [6, 6.07) is 0.653. The van der Waals surface area contributed by atoms with E-state index in [2.05, 4.69) is 18.7 Å². The molecule has 0 aromatic carbocycles. The van der Waals surface area contributed by atoms with E-state index in [0.717, 1.165) is 25.9 Å². The maximum Gasteiger partial charge on any atom is 0.309 e. The highest BCUT2D eigenvalue weighted by atomic mass is 16.4. The molecule has 2 fully saturated rings. The summed E-state index contributed by atoms with van der Waals surface area (Å²) in [6.45, 7) is 10.6. The molecule has 0 radical (unpaired) electrons. The van der Waals surface area contributed by atoms with Gasteiger partial charge in [-0.3, -0.25) is 9.69 Å². The molecule has 1 aliphatic carbocycles. The molecule has 3 heteroatoms. The summed E-state index contributed by atoms with van der Waals surface area (Å²) in [4.78, 5) is 14.0. The molecule has 19 heavy (non-hydrogen) atoms. The SMILES string of the molecule is CC1(C)CCCC1N1CCCC(C(C)(C)C(=O)O)C1. The summed E-state index contributed by atoms with van der Waals surface area (Å²) in [5.41, 5.74) is -0.198. The molecule has 1 saturated carbocycles. The summed E-state index contributed by atoms with van der Waals surface area (Å²) < 4.78 is 0. The number of carbonyl (C=O) groups is 1. The second kappa shape index (κ2) is 5.08. The summed E-state index contributed by atoms with van der Waals surface area (Å²) in [6.07, 6.45) is 6.12. The van der Waals surface area contributed by atoms with Crippen LogP contribution in [0.1, 0.15) is 59.8 Å². The second-order valence-electron chi connectivity index (χ2n) is 7.76. The number of hydrogen-bond acceptors (Lipinski definition) is 2. The molecule has 3 nitrogen and oxygen atoms in total. The highest BCUT2D eigenvalue weighted by Gasteiger charge is 2.44. The number of piperidine rings is 1. The Morgan fingerprint density at radius 3 is 2.47 bits per heavy atom. The van der Waals surface area contributed by atoms with Crippen molar-refractivity contribution in [3.8, 4) is 0 Å². The number of carboxylic acids is 1. The van der Waals surface area contributed by atoms with E-state index in [-0.39, 0.29) is 5.92 Å². The Hall–Kier alpha value is -0.570. The van der Waals surface area contributed by atoms with Crippen molar-refractivity contribution < 1.29 is 9.90 Å². The van der Waals surface area contributed by atoms with E-state index in [4.69, 9.17) is 0 Å². The van der Waals surface area contributed by atoms with Gasteiger partial charge in [0.05, 0.1) is 5.41 Å². The van der Waals surface area contributed by atoms with Crippen LogP contribution in [0.15, 0.2) is 0 Å². The average molecular weight is 267 g/mol. The van der Waals surface area contributed by atoms with Gasteiger partial charge < -0.3 is 5.11 Å². The van der Waals surface area contributed by atoms with Crippen LogP contribution < -0.4 is 0 Å². The number of aliphatic carboxylic acids is 1. The lowest BCUT2D eigenvalue weighted by atomic mass is 9.73. The zero-order valence-corrected chi connectivity index (χ0v) is 12.9. The summed E-state index contributed by atoms with van der Waals surface area (Å²) in [5, 5.41) is 9.43. The van der Waals surface area contributed by atoms with Crippen molar-refractivity contribution in [3.63, 3.8) is 0 Å². The van der Waals surface area contributed by atoms with Crippen LogP contribution in [0.25, 0.3) is 0 Å². The molecule has 0 spiro atoms. The molecule has 0 aromatic rings. The van der Waals surface area contributed by atoms with Gasteiger partial charge in [-0.2, -0.15) is 0 Å². The van der Waals surface area contributed by atoms with Crippen LogP contribution >= 0.6 is 0 Å². The topological polar surface area (TPSA) is 40.5 Å². The molecule has 2 aliphatic rings. The third-order valence-corrected chi connectivity index (χ3v) is 5.67. The van der Waals surface area contributed by atoms with Crippen LogP contribution in [0.5, 0.6) is 0 Å². The molecule has 2 rings (SSSR count). The summed E-state index contributed by atoms with van der Waals surface area (Å²) in [7, 11) is 0. The van der Waals surface area contributed by atoms with Gasteiger partial charge in [-0.25, -0.2) is 0 Å². The minimum absolute atomic E-state index is 0.287. The first kappa shape index (κ1) is 14.8. The van der Waals surface area contributed by atoms with E-state index in [9.17, 15) is 9.90 Å². The molecule has 0 amide bonds. The Bertz CT molecular complexity index is 349. The summed E-state index contributed by atoms with van der Waals surface area (Å²) in [5.74, 6) is -0.361. The molecule has 1 aliphatic heterocycles. The Morgan fingerprint density at radius 1 is 1.26 bits per heavy atom. The minimum Gasteiger partial charge on any atom is -0.481 e. The van der Waals surface area contributed by atoms with E-state index in [1.807, 2.05) is 13.8 Å². The normalized spacial score (nSPS) is 32.4. The Labute approximate surface area is 117 Å². The Kier molecular flexibility index (Phi) is 3.97. The first-order valence-electron chi connectivity index (χ1n) is 7.72. The molecule has 1 saturated heterocycles. The van der Waals surface area contributed by atoms with Crippen LogP contribution in [0.2, 0.25) is 0 Å². The average Bonchev–Trinajstić information content (AvgIpc) is 2.69. The van der Waals surface area contributed by atoms with Gasteiger partial charge in [-0.15, -0.1) is 0 Å². The fourth-order valence-corrected chi connectivity index (χ4v) is 4.04. The minimum atomic E-state index is -0.648. The molecule has 2 atom stereocenters. The van der Waals surface area contributed by atoms with Crippen molar-refractivity contribution in [2.45, 2.75) is 65.8 Å². The van der Waals surface area contributed by atoms with Crippen LogP contribution in [-0.2, 0) is 4.79 Å². The largest absolute Gasteiger partial charge is 0.481 e. The highest BCUT2D eigenvalue weighted by molar-refractivity contribution is 5.74. The van der Waals surface area contributed by atoms with Crippen molar-refractivity contribution in [1.29, 1.82) is 0 Å². The first-order valence-corrected chi connectivity index (χ1v) is 7.72. The molecule has 0 bridgehead atoms. The lowest BCUT2D eigenvalue weighted by Gasteiger charge is -2.45. The van der Waals surface area contributed by atoms with Gasteiger partial charge in [0.1, 0.15) is 0 Å². The standard InChI is InChI=1S/C16H29NO2/c1-15(2)9-5-8-13(15)17-10-6-7-12(11-17)16(3,4)14(18)19/h12-13H,5-11H2,1-4H3,(H,18,19). The van der Waals surface area contributed by atoms with Crippen molar-refractivity contribution in [3.05, 3.63) is 0 Å². The van der Waals surface area contributed by atoms with Gasteiger partial charge in [-0.05, 0) is 57.4 Å². The van der Waals surface area contributed by atoms with Crippen LogP contribution in [-0.4, -0.2) is 35.1 Å². The van der Waals surface area contributed by atoms with Crippen molar-refractivity contribution in [1.82, 2.24) is 4.90 Å². The third kappa shape index (κ3) is 2.81. The predicted molar refractivity (Wildman–Crippen MR) is 77.1 cm³/mol.